The summed E-state index contributed by atoms with van der Waals surface area (Å²) in [6, 6.07) is 5.42. The molecule has 0 bridgehead atoms. The SMILES string of the molecule is CN(CCCC(=O)O)Cc1ccccc1C(F)(F)F.Cl. The lowest BCUT2D eigenvalue weighted by molar-refractivity contribution is -0.138. The molecule has 1 aromatic rings. The van der Waals surface area contributed by atoms with Gasteiger partial charge in [-0.1, -0.05) is 18.2 Å². The molecule has 0 aliphatic rings. The van der Waals surface area contributed by atoms with E-state index in [0.717, 1.165) is 6.07 Å². The molecule has 0 aliphatic heterocycles. The summed E-state index contributed by atoms with van der Waals surface area (Å²) in [6.45, 7) is 0.591. The number of alkyl halides is 3. The molecule has 0 heterocycles. The van der Waals surface area contributed by atoms with E-state index in [1.807, 2.05) is 0 Å². The topological polar surface area (TPSA) is 40.5 Å². The number of carboxylic acids is 1. The summed E-state index contributed by atoms with van der Waals surface area (Å²) in [5, 5.41) is 8.50. The Morgan fingerprint density at radius 1 is 1.30 bits per heavy atom. The molecule has 20 heavy (non-hydrogen) atoms. The lowest BCUT2D eigenvalue weighted by Crippen LogP contribution is -2.22. The van der Waals surface area contributed by atoms with Crippen molar-refractivity contribution in [3.8, 4) is 0 Å². The Bertz CT molecular complexity index is 438. The number of carboxylic acid groups (broad SMARTS) is 1. The Labute approximate surface area is 121 Å². The summed E-state index contributed by atoms with van der Waals surface area (Å²) in [6.07, 6.45) is -3.93. The van der Waals surface area contributed by atoms with Crippen molar-refractivity contribution in [3.63, 3.8) is 0 Å². The number of rotatable bonds is 6. The van der Waals surface area contributed by atoms with Gasteiger partial charge in [-0.25, -0.2) is 0 Å². The van der Waals surface area contributed by atoms with Crippen LogP contribution in [0.25, 0.3) is 0 Å². The molecule has 0 radical (unpaired) electrons. The quantitative estimate of drug-likeness (QED) is 0.875. The second kappa shape index (κ2) is 8.11. The van der Waals surface area contributed by atoms with Gasteiger partial charge in [0.25, 0.3) is 0 Å². The normalized spacial score (nSPS) is 11.2. The largest absolute Gasteiger partial charge is 0.481 e. The first kappa shape index (κ1) is 18.7. The number of hydrogen-bond donors (Lipinski definition) is 1. The van der Waals surface area contributed by atoms with E-state index in [1.54, 1.807) is 18.0 Å². The summed E-state index contributed by atoms with van der Waals surface area (Å²) >= 11 is 0. The van der Waals surface area contributed by atoms with E-state index >= 15 is 0 Å². The van der Waals surface area contributed by atoms with Crippen LogP contribution in [0.3, 0.4) is 0 Å². The van der Waals surface area contributed by atoms with Crippen molar-refractivity contribution in [3.05, 3.63) is 35.4 Å². The molecule has 0 aromatic heterocycles. The van der Waals surface area contributed by atoms with Gasteiger partial charge in [-0.3, -0.25) is 4.79 Å². The van der Waals surface area contributed by atoms with Crippen LogP contribution in [-0.2, 0) is 17.5 Å². The minimum absolute atomic E-state index is 0. The number of hydrogen-bond acceptors (Lipinski definition) is 2. The average Bonchev–Trinajstić information content (AvgIpc) is 2.27. The molecule has 0 atom stereocenters. The van der Waals surface area contributed by atoms with Crippen LogP contribution in [0.1, 0.15) is 24.0 Å². The maximum Gasteiger partial charge on any atom is 0.416 e. The van der Waals surface area contributed by atoms with Crippen molar-refractivity contribution < 1.29 is 23.1 Å². The smallest absolute Gasteiger partial charge is 0.416 e. The first-order valence-electron chi connectivity index (χ1n) is 5.86. The van der Waals surface area contributed by atoms with Gasteiger partial charge in [0.2, 0.25) is 0 Å². The second-order valence-electron chi connectivity index (χ2n) is 4.39. The Hall–Kier alpha value is -1.27. The van der Waals surface area contributed by atoms with Gasteiger partial charge in [-0.2, -0.15) is 13.2 Å². The van der Waals surface area contributed by atoms with Crippen LogP contribution in [-0.4, -0.2) is 29.6 Å². The summed E-state index contributed by atoms with van der Waals surface area (Å²) in [7, 11) is 1.68. The third kappa shape index (κ3) is 6.25. The van der Waals surface area contributed by atoms with Crippen molar-refractivity contribution >= 4 is 18.4 Å². The summed E-state index contributed by atoms with van der Waals surface area (Å²) < 4.78 is 38.3. The van der Waals surface area contributed by atoms with Gasteiger partial charge in [0.15, 0.2) is 0 Å². The molecule has 0 aliphatic carbocycles. The van der Waals surface area contributed by atoms with Gasteiger partial charge in [-0.15, -0.1) is 12.4 Å². The molecule has 0 saturated heterocycles. The van der Waals surface area contributed by atoms with Crippen molar-refractivity contribution in [2.75, 3.05) is 13.6 Å². The van der Waals surface area contributed by atoms with E-state index in [4.69, 9.17) is 5.11 Å². The molecule has 1 aromatic carbocycles. The molecular weight excluding hydrogens is 295 g/mol. The predicted molar refractivity (Wildman–Crippen MR) is 71.9 cm³/mol. The third-order valence-corrected chi connectivity index (χ3v) is 2.69. The van der Waals surface area contributed by atoms with Gasteiger partial charge in [0.1, 0.15) is 0 Å². The van der Waals surface area contributed by atoms with Crippen molar-refractivity contribution in [2.45, 2.75) is 25.6 Å². The number of carbonyl (C=O) groups is 1. The van der Waals surface area contributed by atoms with E-state index in [9.17, 15) is 18.0 Å². The predicted octanol–water partition coefficient (Wildman–Crippen LogP) is 3.42. The zero-order valence-corrected chi connectivity index (χ0v) is 11.8. The minimum Gasteiger partial charge on any atom is -0.481 e. The first-order valence-corrected chi connectivity index (χ1v) is 5.86. The van der Waals surface area contributed by atoms with Gasteiger partial charge in [0.05, 0.1) is 5.56 Å². The van der Waals surface area contributed by atoms with Crippen molar-refractivity contribution in [2.24, 2.45) is 0 Å². The maximum atomic E-state index is 12.8. The Balaban J connectivity index is 0.00000361. The fourth-order valence-electron chi connectivity index (χ4n) is 1.80. The third-order valence-electron chi connectivity index (χ3n) is 2.69. The van der Waals surface area contributed by atoms with E-state index < -0.39 is 17.7 Å². The zero-order valence-electron chi connectivity index (χ0n) is 11.0. The van der Waals surface area contributed by atoms with Crippen molar-refractivity contribution in [1.82, 2.24) is 4.90 Å². The highest BCUT2D eigenvalue weighted by atomic mass is 35.5. The molecule has 0 spiro atoms. The van der Waals surface area contributed by atoms with Crippen LogP contribution in [0.5, 0.6) is 0 Å². The zero-order chi connectivity index (χ0) is 14.5. The molecule has 0 saturated carbocycles. The highest BCUT2D eigenvalue weighted by molar-refractivity contribution is 5.85. The lowest BCUT2D eigenvalue weighted by atomic mass is 10.1. The minimum atomic E-state index is -4.36. The van der Waals surface area contributed by atoms with Crippen LogP contribution in [0.2, 0.25) is 0 Å². The lowest BCUT2D eigenvalue weighted by Gasteiger charge is -2.19. The number of halogens is 4. The van der Waals surface area contributed by atoms with Crippen LogP contribution in [0.15, 0.2) is 24.3 Å². The van der Waals surface area contributed by atoms with Crippen LogP contribution in [0.4, 0.5) is 13.2 Å². The van der Waals surface area contributed by atoms with Crippen molar-refractivity contribution in [1.29, 1.82) is 0 Å². The fraction of sp³-hybridized carbons (Fsp3) is 0.462. The summed E-state index contributed by atoms with van der Waals surface area (Å²) in [5.74, 6) is -0.899. The molecular formula is C13H17ClF3NO2. The van der Waals surface area contributed by atoms with Gasteiger partial charge in [-0.05, 0) is 31.6 Å². The van der Waals surface area contributed by atoms with Crippen LogP contribution >= 0.6 is 12.4 Å². The summed E-state index contributed by atoms with van der Waals surface area (Å²) in [5.41, 5.74) is -0.437. The van der Waals surface area contributed by atoms with E-state index in [-0.39, 0.29) is 30.9 Å². The van der Waals surface area contributed by atoms with Gasteiger partial charge >= 0.3 is 12.1 Å². The van der Waals surface area contributed by atoms with Gasteiger partial charge < -0.3 is 10.0 Å². The standard InChI is InChI=1S/C13H16F3NO2.ClH/c1-17(8-4-7-12(18)19)9-10-5-2-3-6-11(10)13(14,15)16;/h2-3,5-6H,4,7-9H2,1H3,(H,18,19);1H. The molecule has 114 valence electrons. The van der Waals surface area contributed by atoms with E-state index in [2.05, 4.69) is 0 Å². The average molecular weight is 312 g/mol. The van der Waals surface area contributed by atoms with Crippen LogP contribution in [0, 0.1) is 0 Å². The number of benzene rings is 1. The van der Waals surface area contributed by atoms with Gasteiger partial charge in [0, 0.05) is 13.0 Å². The monoisotopic (exact) mass is 311 g/mol. The second-order valence-corrected chi connectivity index (χ2v) is 4.39. The molecule has 3 nitrogen and oxygen atoms in total. The molecule has 1 rings (SSSR count). The molecule has 7 heteroatoms. The molecule has 0 amide bonds. The number of nitrogens with zero attached hydrogens (tertiary/aromatic N) is 1. The Morgan fingerprint density at radius 3 is 2.45 bits per heavy atom. The number of aliphatic carboxylic acids is 1. The molecule has 0 fully saturated rings. The highest BCUT2D eigenvalue weighted by Gasteiger charge is 2.32. The Kier molecular flexibility index (Phi) is 7.60. The fourth-order valence-corrected chi connectivity index (χ4v) is 1.80. The molecule has 0 unspecified atom stereocenters. The summed E-state index contributed by atoms with van der Waals surface area (Å²) in [4.78, 5) is 12.0. The highest BCUT2D eigenvalue weighted by Crippen LogP contribution is 2.32. The van der Waals surface area contributed by atoms with Crippen LogP contribution < -0.4 is 0 Å². The maximum absolute atomic E-state index is 12.8. The van der Waals surface area contributed by atoms with E-state index in [1.165, 1.54) is 12.1 Å². The Morgan fingerprint density at radius 2 is 1.90 bits per heavy atom. The first-order chi connectivity index (χ1) is 8.80. The molecule has 1 N–H and O–H groups in total. The van der Waals surface area contributed by atoms with E-state index in [0.29, 0.717) is 13.0 Å².